The molecule has 0 saturated carbocycles. The van der Waals surface area contributed by atoms with E-state index in [4.69, 9.17) is 5.73 Å². The molecule has 0 amide bonds. The lowest BCUT2D eigenvalue weighted by Gasteiger charge is -2.40. The van der Waals surface area contributed by atoms with Crippen molar-refractivity contribution in [3.05, 3.63) is 59.4 Å². The highest BCUT2D eigenvalue weighted by atomic mass is 15.1. The van der Waals surface area contributed by atoms with Gasteiger partial charge in [-0.1, -0.05) is 42.5 Å². The van der Waals surface area contributed by atoms with Gasteiger partial charge in [-0.05, 0) is 43.4 Å². The van der Waals surface area contributed by atoms with Crippen LogP contribution in [-0.2, 0) is 11.8 Å². The topological polar surface area (TPSA) is 55.0 Å². The number of aromatic nitrogens is 2. The molecule has 2 heterocycles. The number of nitrogens with two attached hydrogens (primary N) is 1. The first kappa shape index (κ1) is 15.3. The van der Waals surface area contributed by atoms with E-state index < -0.39 is 0 Å². The third kappa shape index (κ3) is 2.94. The van der Waals surface area contributed by atoms with Crippen LogP contribution in [0.1, 0.15) is 36.1 Å². The SMILES string of the molecule is Nc1ncc2c(n1)C1(CCCN(CC=Cc3ccccc3)C1)CC2. The third-order valence-corrected chi connectivity index (χ3v) is 5.39. The quantitative estimate of drug-likeness (QED) is 0.944. The van der Waals surface area contributed by atoms with E-state index in [1.807, 2.05) is 6.20 Å². The van der Waals surface area contributed by atoms with Crippen LogP contribution in [0.5, 0.6) is 0 Å². The molecule has 1 aliphatic carbocycles. The molecular formula is C20H24N4. The average molecular weight is 320 g/mol. The molecule has 24 heavy (non-hydrogen) atoms. The maximum absolute atomic E-state index is 5.85. The molecule has 0 bridgehead atoms. The van der Waals surface area contributed by atoms with Crippen molar-refractivity contribution in [1.82, 2.24) is 14.9 Å². The van der Waals surface area contributed by atoms with Crippen molar-refractivity contribution in [2.75, 3.05) is 25.4 Å². The van der Waals surface area contributed by atoms with Gasteiger partial charge in [0.2, 0.25) is 5.95 Å². The first-order chi connectivity index (χ1) is 11.8. The molecule has 1 fully saturated rings. The smallest absolute Gasteiger partial charge is 0.220 e. The lowest BCUT2D eigenvalue weighted by atomic mass is 9.77. The highest BCUT2D eigenvalue weighted by Crippen LogP contribution is 2.43. The van der Waals surface area contributed by atoms with Gasteiger partial charge in [0, 0.05) is 24.7 Å². The van der Waals surface area contributed by atoms with Gasteiger partial charge in [-0.2, -0.15) is 0 Å². The molecular weight excluding hydrogens is 296 g/mol. The molecule has 4 heteroatoms. The third-order valence-electron chi connectivity index (χ3n) is 5.39. The van der Waals surface area contributed by atoms with E-state index in [-0.39, 0.29) is 5.41 Å². The van der Waals surface area contributed by atoms with Crippen molar-refractivity contribution < 1.29 is 0 Å². The van der Waals surface area contributed by atoms with Crippen LogP contribution in [0.25, 0.3) is 6.08 Å². The van der Waals surface area contributed by atoms with E-state index >= 15 is 0 Å². The zero-order valence-electron chi connectivity index (χ0n) is 14.0. The number of nitrogen functional groups attached to an aromatic ring is 1. The lowest BCUT2D eigenvalue weighted by molar-refractivity contribution is 0.156. The summed E-state index contributed by atoms with van der Waals surface area (Å²) in [6.45, 7) is 3.24. The second-order valence-corrected chi connectivity index (χ2v) is 7.03. The molecule has 2 N–H and O–H groups in total. The Kier molecular flexibility index (Phi) is 4.07. The van der Waals surface area contributed by atoms with Gasteiger partial charge in [-0.15, -0.1) is 0 Å². The van der Waals surface area contributed by atoms with Crippen LogP contribution < -0.4 is 5.73 Å². The summed E-state index contributed by atoms with van der Waals surface area (Å²) >= 11 is 0. The van der Waals surface area contributed by atoms with Crippen molar-refractivity contribution in [3.8, 4) is 0 Å². The maximum atomic E-state index is 5.85. The van der Waals surface area contributed by atoms with Crippen LogP contribution in [0.3, 0.4) is 0 Å². The molecule has 1 aromatic carbocycles. The predicted octanol–water partition coefficient (Wildman–Crippen LogP) is 3.05. The van der Waals surface area contributed by atoms with Crippen LogP contribution in [0.2, 0.25) is 0 Å². The summed E-state index contributed by atoms with van der Waals surface area (Å²) in [7, 11) is 0. The molecule has 124 valence electrons. The number of rotatable bonds is 3. The van der Waals surface area contributed by atoms with E-state index in [0.29, 0.717) is 5.95 Å². The molecule has 4 rings (SSSR count). The fourth-order valence-electron chi connectivity index (χ4n) is 4.24. The Morgan fingerprint density at radius 2 is 2.08 bits per heavy atom. The van der Waals surface area contributed by atoms with E-state index in [2.05, 4.69) is 57.4 Å². The highest BCUT2D eigenvalue weighted by molar-refractivity contribution is 5.48. The molecule has 1 aromatic heterocycles. The maximum Gasteiger partial charge on any atom is 0.220 e. The molecule has 0 radical (unpaired) electrons. The highest BCUT2D eigenvalue weighted by Gasteiger charge is 2.43. The summed E-state index contributed by atoms with van der Waals surface area (Å²) in [5.74, 6) is 0.413. The number of benzene rings is 1. The number of hydrogen-bond donors (Lipinski definition) is 1. The van der Waals surface area contributed by atoms with Crippen LogP contribution >= 0.6 is 0 Å². The van der Waals surface area contributed by atoms with E-state index in [1.165, 1.54) is 36.1 Å². The minimum absolute atomic E-state index is 0.186. The number of piperidine rings is 1. The van der Waals surface area contributed by atoms with E-state index in [1.54, 1.807) is 0 Å². The molecule has 2 aromatic rings. The second kappa shape index (κ2) is 6.36. The number of aryl methyl sites for hydroxylation is 1. The van der Waals surface area contributed by atoms with Crippen LogP contribution in [0, 0.1) is 0 Å². The Hall–Kier alpha value is -2.20. The van der Waals surface area contributed by atoms with Crippen molar-refractivity contribution in [2.45, 2.75) is 31.1 Å². The zero-order chi connectivity index (χ0) is 16.4. The van der Waals surface area contributed by atoms with Gasteiger partial charge >= 0.3 is 0 Å². The summed E-state index contributed by atoms with van der Waals surface area (Å²) < 4.78 is 0. The van der Waals surface area contributed by atoms with Gasteiger partial charge in [0.15, 0.2) is 0 Å². The molecule has 1 spiro atoms. The normalized spacial score (nSPS) is 23.8. The minimum Gasteiger partial charge on any atom is -0.368 e. The van der Waals surface area contributed by atoms with Gasteiger partial charge < -0.3 is 5.73 Å². The van der Waals surface area contributed by atoms with Gasteiger partial charge in [0.25, 0.3) is 0 Å². The van der Waals surface area contributed by atoms with Crippen molar-refractivity contribution in [3.63, 3.8) is 0 Å². The Bertz CT molecular complexity index is 737. The van der Waals surface area contributed by atoms with Crippen LogP contribution in [-0.4, -0.2) is 34.5 Å². The standard InChI is InChI=1S/C20H24N4/c21-19-22-14-17-9-11-20(18(17)23-19)10-5-13-24(15-20)12-4-8-16-6-2-1-3-7-16/h1-4,6-8,14H,5,9-13,15H2,(H2,21,22,23). The van der Waals surface area contributed by atoms with E-state index in [9.17, 15) is 0 Å². The minimum atomic E-state index is 0.186. The average Bonchev–Trinajstić information content (AvgIpc) is 2.94. The molecule has 1 aliphatic heterocycles. The summed E-state index contributed by atoms with van der Waals surface area (Å²) in [6.07, 6.45) is 11.1. The lowest BCUT2D eigenvalue weighted by Crippen LogP contribution is -2.45. The number of hydrogen-bond acceptors (Lipinski definition) is 4. The van der Waals surface area contributed by atoms with Gasteiger partial charge in [0.1, 0.15) is 0 Å². The first-order valence-corrected chi connectivity index (χ1v) is 8.81. The summed E-state index contributed by atoms with van der Waals surface area (Å²) in [5, 5.41) is 0. The van der Waals surface area contributed by atoms with Crippen molar-refractivity contribution >= 4 is 12.0 Å². The number of anilines is 1. The Morgan fingerprint density at radius 3 is 2.96 bits per heavy atom. The zero-order valence-corrected chi connectivity index (χ0v) is 14.0. The van der Waals surface area contributed by atoms with Crippen molar-refractivity contribution in [2.24, 2.45) is 0 Å². The fraction of sp³-hybridized carbons (Fsp3) is 0.400. The molecule has 1 atom stereocenters. The Morgan fingerprint density at radius 1 is 1.21 bits per heavy atom. The molecule has 1 unspecified atom stereocenters. The summed E-state index contributed by atoms with van der Waals surface area (Å²) in [4.78, 5) is 11.3. The predicted molar refractivity (Wildman–Crippen MR) is 97.6 cm³/mol. The molecule has 1 saturated heterocycles. The van der Waals surface area contributed by atoms with E-state index in [0.717, 1.165) is 26.1 Å². The number of nitrogens with zero attached hydrogens (tertiary/aromatic N) is 3. The fourth-order valence-corrected chi connectivity index (χ4v) is 4.24. The van der Waals surface area contributed by atoms with Gasteiger partial charge in [-0.3, -0.25) is 4.90 Å². The number of fused-ring (bicyclic) bond motifs is 2. The summed E-state index contributed by atoms with van der Waals surface area (Å²) in [6, 6.07) is 10.5. The molecule has 2 aliphatic rings. The largest absolute Gasteiger partial charge is 0.368 e. The Balaban J connectivity index is 1.47. The first-order valence-electron chi connectivity index (χ1n) is 8.81. The van der Waals surface area contributed by atoms with Crippen molar-refractivity contribution in [1.29, 1.82) is 0 Å². The van der Waals surface area contributed by atoms with Gasteiger partial charge in [-0.25, -0.2) is 9.97 Å². The summed E-state index contributed by atoms with van der Waals surface area (Å²) in [5.41, 5.74) is 9.81. The van der Waals surface area contributed by atoms with Crippen LogP contribution in [0.4, 0.5) is 5.95 Å². The number of likely N-dealkylation sites (tertiary alicyclic amines) is 1. The Labute approximate surface area is 143 Å². The molecule has 4 nitrogen and oxygen atoms in total. The van der Waals surface area contributed by atoms with Gasteiger partial charge in [0.05, 0.1) is 5.69 Å². The second-order valence-electron chi connectivity index (χ2n) is 7.03. The monoisotopic (exact) mass is 320 g/mol. The van der Waals surface area contributed by atoms with Crippen LogP contribution in [0.15, 0.2) is 42.6 Å².